The molecule has 5 atom stereocenters. The first kappa shape index (κ1) is 17.3. The quantitative estimate of drug-likeness (QED) is 0.805. The Morgan fingerprint density at radius 3 is 2.05 bits per heavy atom. The molecule has 0 unspecified atom stereocenters. The van der Waals surface area contributed by atoms with Crippen LogP contribution in [-0.4, -0.2) is 35.9 Å². The van der Waals surface area contributed by atoms with Crippen LogP contribution in [0.2, 0.25) is 0 Å². The first-order valence-corrected chi connectivity index (χ1v) is 8.28. The number of aliphatic hydroxyl groups is 1. The van der Waals surface area contributed by atoms with E-state index in [0.29, 0.717) is 0 Å². The van der Waals surface area contributed by atoms with Crippen molar-refractivity contribution in [3.8, 4) is 0 Å². The Morgan fingerprint density at radius 2 is 1.55 bits per heavy atom. The van der Waals surface area contributed by atoms with Crippen molar-refractivity contribution < 1.29 is 24.2 Å². The molecule has 5 heteroatoms. The van der Waals surface area contributed by atoms with Gasteiger partial charge in [-0.2, -0.15) is 0 Å². The summed E-state index contributed by atoms with van der Waals surface area (Å²) >= 11 is 0. The average molecular weight is 312 g/mol. The van der Waals surface area contributed by atoms with Crippen molar-refractivity contribution in [1.29, 1.82) is 0 Å². The van der Waals surface area contributed by atoms with Crippen LogP contribution < -0.4 is 0 Å². The Hall–Kier alpha value is -1.10. The van der Waals surface area contributed by atoms with E-state index in [2.05, 4.69) is 0 Å². The molecule has 0 amide bonds. The fourth-order valence-electron chi connectivity index (χ4n) is 4.86. The van der Waals surface area contributed by atoms with E-state index in [1.165, 1.54) is 0 Å². The van der Waals surface area contributed by atoms with Crippen LogP contribution in [0.3, 0.4) is 0 Å². The Balaban J connectivity index is 2.49. The zero-order valence-corrected chi connectivity index (χ0v) is 14.2. The first-order chi connectivity index (χ1) is 10.2. The van der Waals surface area contributed by atoms with Crippen LogP contribution in [0.1, 0.15) is 47.5 Å². The van der Waals surface area contributed by atoms with Crippen molar-refractivity contribution in [2.24, 2.45) is 29.1 Å². The molecular formula is C17H28O5. The minimum absolute atomic E-state index is 0.0365. The van der Waals surface area contributed by atoms with Gasteiger partial charge in [-0.05, 0) is 43.9 Å². The van der Waals surface area contributed by atoms with Gasteiger partial charge in [-0.3, -0.25) is 9.59 Å². The fourth-order valence-corrected chi connectivity index (χ4v) is 4.86. The molecule has 0 bridgehead atoms. The zero-order valence-electron chi connectivity index (χ0n) is 14.2. The number of carbonyl (C=O) groups excluding carboxylic acids is 2. The Bertz CT molecular complexity index is 458. The third kappa shape index (κ3) is 2.25. The van der Waals surface area contributed by atoms with E-state index >= 15 is 0 Å². The number of hydrogen-bond acceptors (Lipinski definition) is 5. The maximum atomic E-state index is 12.6. The average Bonchev–Trinajstić information content (AvgIpc) is 2.82. The molecular weight excluding hydrogens is 284 g/mol. The third-order valence-electron chi connectivity index (χ3n) is 5.85. The summed E-state index contributed by atoms with van der Waals surface area (Å²) in [7, 11) is 0. The second kappa shape index (κ2) is 5.84. The third-order valence-corrected chi connectivity index (χ3v) is 5.85. The maximum Gasteiger partial charge on any atom is 0.312 e. The molecule has 2 rings (SSSR count). The lowest BCUT2D eigenvalue weighted by atomic mass is 9.73. The van der Waals surface area contributed by atoms with Gasteiger partial charge in [0, 0.05) is 0 Å². The van der Waals surface area contributed by atoms with Gasteiger partial charge in [0.2, 0.25) is 0 Å². The van der Waals surface area contributed by atoms with E-state index in [1.54, 1.807) is 13.8 Å². The number of rotatable bonds is 4. The Kier molecular flexibility index (Phi) is 4.58. The predicted octanol–water partition coefficient (Wildman–Crippen LogP) is 2.16. The summed E-state index contributed by atoms with van der Waals surface area (Å²) in [5.41, 5.74) is -1.68. The van der Waals surface area contributed by atoms with Crippen molar-refractivity contribution >= 4 is 11.9 Å². The van der Waals surface area contributed by atoms with E-state index < -0.39 is 34.8 Å². The SMILES string of the molecule is CCOC(=O)[C@H]1[C@H](C(=O)OCC)[C@@]2(O)[C@H](C)CC[C@H]2C1(C)C. The van der Waals surface area contributed by atoms with E-state index in [-0.39, 0.29) is 25.0 Å². The smallest absolute Gasteiger partial charge is 0.312 e. The van der Waals surface area contributed by atoms with Gasteiger partial charge < -0.3 is 14.6 Å². The fraction of sp³-hybridized carbons (Fsp3) is 0.882. The van der Waals surface area contributed by atoms with Crippen LogP contribution in [0.25, 0.3) is 0 Å². The summed E-state index contributed by atoms with van der Waals surface area (Å²) < 4.78 is 10.4. The van der Waals surface area contributed by atoms with Gasteiger partial charge in [0.05, 0.1) is 30.7 Å². The van der Waals surface area contributed by atoms with Gasteiger partial charge in [-0.15, -0.1) is 0 Å². The molecule has 0 aromatic rings. The first-order valence-electron chi connectivity index (χ1n) is 8.28. The Morgan fingerprint density at radius 1 is 1.05 bits per heavy atom. The zero-order chi connectivity index (χ0) is 16.7. The topological polar surface area (TPSA) is 72.8 Å². The molecule has 0 heterocycles. The highest BCUT2D eigenvalue weighted by Gasteiger charge is 2.72. The lowest BCUT2D eigenvalue weighted by Gasteiger charge is -2.34. The molecule has 0 aromatic carbocycles. The minimum atomic E-state index is -1.19. The van der Waals surface area contributed by atoms with Crippen LogP contribution >= 0.6 is 0 Å². The van der Waals surface area contributed by atoms with Crippen molar-refractivity contribution in [1.82, 2.24) is 0 Å². The predicted molar refractivity (Wildman–Crippen MR) is 80.9 cm³/mol. The molecule has 22 heavy (non-hydrogen) atoms. The molecule has 0 aromatic heterocycles. The molecule has 2 fully saturated rings. The molecule has 0 spiro atoms. The summed E-state index contributed by atoms with van der Waals surface area (Å²) in [6.07, 6.45) is 1.67. The second-order valence-electron chi connectivity index (χ2n) is 7.20. The van der Waals surface area contributed by atoms with Crippen molar-refractivity contribution in [3.05, 3.63) is 0 Å². The van der Waals surface area contributed by atoms with Crippen molar-refractivity contribution in [3.63, 3.8) is 0 Å². The monoisotopic (exact) mass is 312 g/mol. The van der Waals surface area contributed by atoms with Gasteiger partial charge in [0.25, 0.3) is 0 Å². The highest BCUT2D eigenvalue weighted by atomic mass is 16.5. The van der Waals surface area contributed by atoms with Crippen molar-refractivity contribution in [2.45, 2.75) is 53.1 Å². The molecule has 0 radical (unpaired) electrons. The molecule has 2 aliphatic rings. The van der Waals surface area contributed by atoms with Gasteiger partial charge in [-0.1, -0.05) is 20.8 Å². The molecule has 0 saturated heterocycles. The summed E-state index contributed by atoms with van der Waals surface area (Å²) in [5, 5.41) is 11.4. The molecule has 2 aliphatic carbocycles. The van der Waals surface area contributed by atoms with Gasteiger partial charge in [0.15, 0.2) is 0 Å². The maximum absolute atomic E-state index is 12.6. The highest BCUT2D eigenvalue weighted by molar-refractivity contribution is 5.85. The summed E-state index contributed by atoms with van der Waals surface area (Å²) in [6.45, 7) is 9.85. The minimum Gasteiger partial charge on any atom is -0.466 e. The summed E-state index contributed by atoms with van der Waals surface area (Å²) in [6, 6.07) is 0. The molecule has 1 N–H and O–H groups in total. The van der Waals surface area contributed by atoms with Crippen LogP contribution in [0.15, 0.2) is 0 Å². The van der Waals surface area contributed by atoms with Crippen LogP contribution in [-0.2, 0) is 19.1 Å². The standard InChI is InChI=1S/C17H28O5/c1-6-21-14(18)12-13(15(19)22-7-2)17(20)10(3)8-9-11(17)16(12,4)5/h10-13,20H,6-9H2,1-5H3/t10-,11+,12-,13-,17-/m1/s1. The second-order valence-corrected chi connectivity index (χ2v) is 7.20. The number of hydrogen-bond donors (Lipinski definition) is 1. The van der Waals surface area contributed by atoms with E-state index in [1.807, 2.05) is 20.8 Å². The molecule has 5 nitrogen and oxygen atoms in total. The molecule has 0 aliphatic heterocycles. The summed E-state index contributed by atoms with van der Waals surface area (Å²) in [4.78, 5) is 25.1. The highest BCUT2D eigenvalue weighted by Crippen LogP contribution is 2.64. The lowest BCUT2D eigenvalue weighted by Crippen LogP contribution is -2.48. The van der Waals surface area contributed by atoms with Crippen molar-refractivity contribution in [2.75, 3.05) is 13.2 Å². The van der Waals surface area contributed by atoms with E-state index in [9.17, 15) is 14.7 Å². The molecule has 2 saturated carbocycles. The largest absolute Gasteiger partial charge is 0.466 e. The van der Waals surface area contributed by atoms with Gasteiger partial charge in [0.1, 0.15) is 0 Å². The van der Waals surface area contributed by atoms with Crippen LogP contribution in [0.5, 0.6) is 0 Å². The molecule has 126 valence electrons. The van der Waals surface area contributed by atoms with Crippen LogP contribution in [0, 0.1) is 29.1 Å². The lowest BCUT2D eigenvalue weighted by molar-refractivity contribution is -0.170. The van der Waals surface area contributed by atoms with Crippen LogP contribution in [0.4, 0.5) is 0 Å². The summed E-state index contributed by atoms with van der Waals surface area (Å²) in [5.74, 6) is -2.52. The number of esters is 2. The number of fused-ring (bicyclic) bond motifs is 1. The number of ether oxygens (including phenoxy) is 2. The van der Waals surface area contributed by atoms with Gasteiger partial charge in [-0.25, -0.2) is 0 Å². The van der Waals surface area contributed by atoms with E-state index in [4.69, 9.17) is 9.47 Å². The number of carbonyl (C=O) groups is 2. The normalized spacial score (nSPS) is 39.4. The Labute approximate surface area is 132 Å². The van der Waals surface area contributed by atoms with Gasteiger partial charge >= 0.3 is 11.9 Å². The van der Waals surface area contributed by atoms with E-state index in [0.717, 1.165) is 12.8 Å².